The Hall–Kier alpha value is -1.83. The number of furan rings is 1. The maximum atomic E-state index is 12.7. The molecular weight excluding hydrogens is 356 g/mol. The molecule has 3 aromatic rings. The standard InChI is InChI=1S/C18H20N2O3S2/c1-11(8-22-3)19-17(21)16-14(10-25-18-20-12(2)9-24-18)13-6-4-5-7-15(13)23-16/h4-7,9,11H,8,10H2,1-3H3,(H,19,21). The molecule has 132 valence electrons. The molecule has 1 N–H and O–H groups in total. The molecule has 1 unspecified atom stereocenters. The highest BCUT2D eigenvalue weighted by Gasteiger charge is 2.22. The van der Waals surface area contributed by atoms with Gasteiger partial charge in [-0.25, -0.2) is 4.98 Å². The Morgan fingerprint density at radius 3 is 2.96 bits per heavy atom. The van der Waals surface area contributed by atoms with Crippen LogP contribution < -0.4 is 5.32 Å². The number of rotatable bonds is 7. The van der Waals surface area contributed by atoms with Crippen LogP contribution in [0.4, 0.5) is 0 Å². The number of ether oxygens (including phenoxy) is 1. The SMILES string of the molecule is COCC(C)NC(=O)c1oc2ccccc2c1CSc1nc(C)cs1. The third-order valence-corrected chi connectivity index (χ3v) is 5.80. The summed E-state index contributed by atoms with van der Waals surface area (Å²) in [5.74, 6) is 0.780. The summed E-state index contributed by atoms with van der Waals surface area (Å²) in [6.07, 6.45) is 0. The second-order valence-electron chi connectivity index (χ2n) is 5.78. The van der Waals surface area contributed by atoms with E-state index in [1.165, 1.54) is 0 Å². The first kappa shape index (κ1) is 18.0. The predicted molar refractivity (Wildman–Crippen MR) is 101 cm³/mol. The Labute approximate surface area is 154 Å². The molecule has 25 heavy (non-hydrogen) atoms. The predicted octanol–water partition coefficient (Wildman–Crippen LogP) is 4.25. The molecule has 0 aliphatic rings. The summed E-state index contributed by atoms with van der Waals surface area (Å²) in [5.41, 5.74) is 2.63. The molecule has 3 rings (SSSR count). The third kappa shape index (κ3) is 4.23. The maximum absolute atomic E-state index is 12.7. The van der Waals surface area contributed by atoms with E-state index < -0.39 is 0 Å². The number of para-hydroxylation sites is 1. The van der Waals surface area contributed by atoms with Gasteiger partial charge in [-0.15, -0.1) is 11.3 Å². The van der Waals surface area contributed by atoms with Crippen LogP contribution in [-0.2, 0) is 10.5 Å². The summed E-state index contributed by atoms with van der Waals surface area (Å²) in [7, 11) is 1.61. The van der Waals surface area contributed by atoms with Gasteiger partial charge in [-0.2, -0.15) is 0 Å². The van der Waals surface area contributed by atoms with Crippen molar-refractivity contribution in [1.29, 1.82) is 0 Å². The molecule has 0 saturated carbocycles. The van der Waals surface area contributed by atoms with E-state index in [0.29, 0.717) is 18.1 Å². The molecule has 5 nitrogen and oxygen atoms in total. The van der Waals surface area contributed by atoms with Crippen molar-refractivity contribution in [3.05, 3.63) is 46.7 Å². The number of carbonyl (C=O) groups is 1. The van der Waals surface area contributed by atoms with Crippen molar-refractivity contribution >= 4 is 40.0 Å². The molecule has 1 aromatic carbocycles. The van der Waals surface area contributed by atoms with Crippen LogP contribution in [0.15, 0.2) is 38.4 Å². The van der Waals surface area contributed by atoms with Gasteiger partial charge in [-0.05, 0) is 19.9 Å². The Bertz CT molecular complexity index is 872. The van der Waals surface area contributed by atoms with Gasteiger partial charge in [0.25, 0.3) is 5.91 Å². The number of benzene rings is 1. The van der Waals surface area contributed by atoms with Gasteiger partial charge >= 0.3 is 0 Å². The fourth-order valence-corrected chi connectivity index (χ4v) is 4.42. The molecule has 1 atom stereocenters. The van der Waals surface area contributed by atoms with Crippen LogP contribution in [0, 0.1) is 6.92 Å². The summed E-state index contributed by atoms with van der Waals surface area (Å²) < 4.78 is 11.9. The Balaban J connectivity index is 1.87. The Morgan fingerprint density at radius 2 is 2.24 bits per heavy atom. The normalized spacial score (nSPS) is 12.4. The van der Waals surface area contributed by atoms with Gasteiger partial charge in [0, 0.05) is 40.9 Å². The van der Waals surface area contributed by atoms with E-state index in [4.69, 9.17) is 9.15 Å². The third-order valence-electron chi connectivity index (χ3n) is 3.64. The largest absolute Gasteiger partial charge is 0.451 e. The monoisotopic (exact) mass is 376 g/mol. The molecule has 2 heterocycles. The first-order valence-corrected chi connectivity index (χ1v) is 9.80. The summed E-state index contributed by atoms with van der Waals surface area (Å²) in [5, 5.41) is 5.91. The smallest absolute Gasteiger partial charge is 0.287 e. The lowest BCUT2D eigenvalue weighted by atomic mass is 10.1. The van der Waals surface area contributed by atoms with Crippen LogP contribution in [0.3, 0.4) is 0 Å². The van der Waals surface area contributed by atoms with Crippen LogP contribution in [0.1, 0.15) is 28.7 Å². The summed E-state index contributed by atoms with van der Waals surface area (Å²) in [6, 6.07) is 7.63. The highest BCUT2D eigenvalue weighted by molar-refractivity contribution is 8.00. The number of nitrogens with one attached hydrogen (secondary N) is 1. The fourth-order valence-electron chi connectivity index (χ4n) is 2.54. The molecule has 0 aliphatic heterocycles. The lowest BCUT2D eigenvalue weighted by Gasteiger charge is -2.12. The topological polar surface area (TPSA) is 64.4 Å². The lowest BCUT2D eigenvalue weighted by molar-refractivity contribution is 0.0879. The van der Waals surface area contributed by atoms with Crippen molar-refractivity contribution in [2.45, 2.75) is 30.0 Å². The van der Waals surface area contributed by atoms with Crippen molar-refractivity contribution in [1.82, 2.24) is 10.3 Å². The first-order valence-electron chi connectivity index (χ1n) is 7.93. The maximum Gasteiger partial charge on any atom is 0.287 e. The highest BCUT2D eigenvalue weighted by Crippen LogP contribution is 2.33. The van der Waals surface area contributed by atoms with E-state index in [1.54, 1.807) is 30.2 Å². The van der Waals surface area contributed by atoms with Gasteiger partial charge in [0.15, 0.2) is 5.76 Å². The van der Waals surface area contributed by atoms with Crippen LogP contribution in [0.5, 0.6) is 0 Å². The number of fused-ring (bicyclic) bond motifs is 1. The van der Waals surface area contributed by atoms with Crippen molar-refractivity contribution in [3.8, 4) is 0 Å². The van der Waals surface area contributed by atoms with Crippen LogP contribution in [-0.4, -0.2) is 30.6 Å². The zero-order valence-corrected chi connectivity index (χ0v) is 16.0. The number of hydrogen-bond acceptors (Lipinski definition) is 6. The molecule has 0 radical (unpaired) electrons. The quantitative estimate of drug-likeness (QED) is 0.624. The second-order valence-corrected chi connectivity index (χ2v) is 7.86. The fraction of sp³-hybridized carbons (Fsp3) is 0.333. The van der Waals surface area contributed by atoms with Crippen LogP contribution >= 0.6 is 23.1 Å². The molecule has 7 heteroatoms. The number of aryl methyl sites for hydroxylation is 1. The first-order chi connectivity index (χ1) is 12.1. The van der Waals surface area contributed by atoms with E-state index in [0.717, 1.165) is 26.6 Å². The zero-order valence-electron chi connectivity index (χ0n) is 14.4. The van der Waals surface area contributed by atoms with Crippen LogP contribution in [0.25, 0.3) is 11.0 Å². The van der Waals surface area contributed by atoms with Crippen molar-refractivity contribution in [2.24, 2.45) is 0 Å². The Kier molecular flexibility index (Phi) is 5.78. The number of hydrogen-bond donors (Lipinski definition) is 1. The summed E-state index contributed by atoms with van der Waals surface area (Å²) in [4.78, 5) is 17.1. The molecule has 1 amide bonds. The van der Waals surface area contributed by atoms with Gasteiger partial charge in [0.05, 0.1) is 6.61 Å². The summed E-state index contributed by atoms with van der Waals surface area (Å²) in [6.45, 7) is 4.33. The number of aromatic nitrogens is 1. The number of methoxy groups -OCH3 is 1. The molecule has 0 spiro atoms. The van der Waals surface area contributed by atoms with Crippen molar-refractivity contribution < 1.29 is 13.9 Å². The van der Waals surface area contributed by atoms with E-state index in [2.05, 4.69) is 10.3 Å². The average Bonchev–Trinajstić information content (AvgIpc) is 3.16. The van der Waals surface area contributed by atoms with Crippen LogP contribution in [0.2, 0.25) is 0 Å². The summed E-state index contributed by atoms with van der Waals surface area (Å²) >= 11 is 3.23. The molecule has 0 saturated heterocycles. The van der Waals surface area contributed by atoms with Crippen molar-refractivity contribution in [2.75, 3.05) is 13.7 Å². The number of carbonyl (C=O) groups excluding carboxylic acids is 1. The minimum absolute atomic E-state index is 0.0900. The van der Waals surface area contributed by atoms with Gasteiger partial charge in [0.2, 0.25) is 0 Å². The number of thiazole rings is 1. The van der Waals surface area contributed by atoms with Gasteiger partial charge in [0.1, 0.15) is 9.92 Å². The van der Waals surface area contributed by atoms with E-state index >= 15 is 0 Å². The molecule has 0 bridgehead atoms. The molecule has 0 fully saturated rings. The highest BCUT2D eigenvalue weighted by atomic mass is 32.2. The number of amides is 1. The molecule has 2 aromatic heterocycles. The van der Waals surface area contributed by atoms with E-state index in [9.17, 15) is 4.79 Å². The minimum atomic E-state index is -0.216. The molecule has 0 aliphatic carbocycles. The van der Waals surface area contributed by atoms with Gasteiger partial charge < -0.3 is 14.5 Å². The molecular formula is C18H20N2O3S2. The zero-order chi connectivity index (χ0) is 17.8. The number of thioether (sulfide) groups is 1. The Morgan fingerprint density at radius 1 is 1.44 bits per heavy atom. The average molecular weight is 377 g/mol. The number of nitrogens with zero attached hydrogens (tertiary/aromatic N) is 1. The second kappa shape index (κ2) is 8.03. The van der Waals surface area contributed by atoms with Gasteiger partial charge in [-0.3, -0.25) is 4.79 Å². The lowest BCUT2D eigenvalue weighted by Crippen LogP contribution is -2.35. The van der Waals surface area contributed by atoms with E-state index in [-0.39, 0.29) is 11.9 Å². The van der Waals surface area contributed by atoms with E-state index in [1.807, 2.05) is 43.5 Å². The van der Waals surface area contributed by atoms with Gasteiger partial charge in [-0.1, -0.05) is 30.0 Å². The van der Waals surface area contributed by atoms with Crippen molar-refractivity contribution in [3.63, 3.8) is 0 Å². The minimum Gasteiger partial charge on any atom is -0.451 e.